The van der Waals surface area contributed by atoms with Gasteiger partial charge in [0.25, 0.3) is 0 Å². The molecule has 0 atom stereocenters. The Morgan fingerprint density at radius 3 is 1.79 bits per heavy atom. The van der Waals surface area contributed by atoms with Crippen LogP contribution in [0.15, 0.2) is 0 Å². The molecule has 6 nitrogen and oxygen atoms in total. The van der Waals surface area contributed by atoms with Crippen molar-refractivity contribution < 1.29 is 28.5 Å². The van der Waals surface area contributed by atoms with E-state index in [9.17, 15) is 4.79 Å². The molecule has 0 aliphatic carbocycles. The van der Waals surface area contributed by atoms with Gasteiger partial charge in [0.1, 0.15) is 6.61 Å². The lowest BCUT2D eigenvalue weighted by Gasteiger charge is -2.07. The molecule has 0 bridgehead atoms. The molecule has 114 valence electrons. The third kappa shape index (κ3) is 15.1. The van der Waals surface area contributed by atoms with Gasteiger partial charge < -0.3 is 23.7 Å². The van der Waals surface area contributed by atoms with E-state index in [1.54, 1.807) is 6.92 Å². The van der Waals surface area contributed by atoms with Crippen LogP contribution in [0.25, 0.3) is 0 Å². The Balaban J connectivity index is 3.01. The van der Waals surface area contributed by atoms with Gasteiger partial charge in [0.05, 0.1) is 39.6 Å². The Labute approximate surface area is 115 Å². The lowest BCUT2D eigenvalue weighted by Crippen LogP contribution is -2.14. The molecule has 0 spiro atoms. The van der Waals surface area contributed by atoms with Gasteiger partial charge >= 0.3 is 6.16 Å². The molecule has 0 heterocycles. The number of carbonyl (C=O) groups is 1. The summed E-state index contributed by atoms with van der Waals surface area (Å²) in [6.07, 6.45) is 1.57. The van der Waals surface area contributed by atoms with E-state index in [0.717, 1.165) is 19.4 Å². The Hall–Kier alpha value is -0.850. The molecular weight excluding hydrogens is 252 g/mol. The molecule has 0 rings (SSSR count). The van der Waals surface area contributed by atoms with Crippen molar-refractivity contribution in [1.29, 1.82) is 0 Å². The normalized spacial score (nSPS) is 10.4. The van der Waals surface area contributed by atoms with Crippen LogP contribution in [-0.2, 0) is 23.7 Å². The molecular formula is C13H26O6. The SMILES string of the molecule is CCCCOCCOCCOCCOC(=O)OCC. The maximum atomic E-state index is 10.8. The molecule has 19 heavy (non-hydrogen) atoms. The first-order valence-corrected chi connectivity index (χ1v) is 6.84. The second-order valence-electron chi connectivity index (χ2n) is 3.72. The average molecular weight is 278 g/mol. The second-order valence-corrected chi connectivity index (χ2v) is 3.72. The van der Waals surface area contributed by atoms with Gasteiger partial charge in [0.2, 0.25) is 0 Å². The number of unbranched alkanes of at least 4 members (excludes halogenated alkanes) is 1. The highest BCUT2D eigenvalue weighted by Crippen LogP contribution is 1.88. The maximum Gasteiger partial charge on any atom is 0.508 e. The average Bonchev–Trinajstić information content (AvgIpc) is 2.40. The van der Waals surface area contributed by atoms with E-state index in [0.29, 0.717) is 39.6 Å². The number of rotatable bonds is 13. The van der Waals surface area contributed by atoms with Gasteiger partial charge in [-0.1, -0.05) is 13.3 Å². The van der Waals surface area contributed by atoms with E-state index >= 15 is 0 Å². The summed E-state index contributed by atoms with van der Waals surface area (Å²) < 4.78 is 25.1. The monoisotopic (exact) mass is 278 g/mol. The Morgan fingerprint density at radius 1 is 0.737 bits per heavy atom. The van der Waals surface area contributed by atoms with Crippen molar-refractivity contribution in [2.75, 3.05) is 52.9 Å². The van der Waals surface area contributed by atoms with E-state index in [2.05, 4.69) is 11.7 Å². The van der Waals surface area contributed by atoms with Crippen LogP contribution in [0.3, 0.4) is 0 Å². The van der Waals surface area contributed by atoms with Crippen molar-refractivity contribution in [1.82, 2.24) is 0 Å². The van der Waals surface area contributed by atoms with Crippen molar-refractivity contribution in [2.45, 2.75) is 26.7 Å². The Kier molecular flexibility index (Phi) is 14.5. The van der Waals surface area contributed by atoms with Gasteiger partial charge in [0.15, 0.2) is 0 Å². The molecule has 0 aliphatic rings. The largest absolute Gasteiger partial charge is 0.508 e. The number of hydrogen-bond donors (Lipinski definition) is 0. The van der Waals surface area contributed by atoms with Gasteiger partial charge in [-0.25, -0.2) is 4.79 Å². The third-order valence-corrected chi connectivity index (χ3v) is 2.10. The molecule has 0 aromatic heterocycles. The zero-order valence-corrected chi connectivity index (χ0v) is 12.0. The summed E-state index contributed by atoms with van der Waals surface area (Å²) in [4.78, 5) is 10.8. The highest BCUT2D eigenvalue weighted by Gasteiger charge is 2.00. The molecule has 0 saturated carbocycles. The number of hydrogen-bond acceptors (Lipinski definition) is 6. The number of ether oxygens (including phenoxy) is 5. The first-order chi connectivity index (χ1) is 9.31. The second kappa shape index (κ2) is 15.2. The van der Waals surface area contributed by atoms with E-state index in [4.69, 9.17) is 18.9 Å². The van der Waals surface area contributed by atoms with Gasteiger partial charge in [-0.3, -0.25) is 0 Å². The molecule has 0 aromatic rings. The summed E-state index contributed by atoms with van der Waals surface area (Å²) in [6, 6.07) is 0. The predicted octanol–water partition coefficient (Wildman–Crippen LogP) is 2.01. The zero-order valence-electron chi connectivity index (χ0n) is 12.0. The summed E-state index contributed by atoms with van der Waals surface area (Å²) >= 11 is 0. The van der Waals surface area contributed by atoms with Crippen molar-refractivity contribution in [3.8, 4) is 0 Å². The van der Waals surface area contributed by atoms with E-state index in [1.165, 1.54) is 0 Å². The van der Waals surface area contributed by atoms with Crippen LogP contribution in [0.4, 0.5) is 4.79 Å². The van der Waals surface area contributed by atoms with Gasteiger partial charge in [-0.05, 0) is 13.3 Å². The topological polar surface area (TPSA) is 63.2 Å². The van der Waals surface area contributed by atoms with Crippen molar-refractivity contribution in [3.63, 3.8) is 0 Å². The van der Waals surface area contributed by atoms with Crippen LogP contribution in [0.5, 0.6) is 0 Å². The van der Waals surface area contributed by atoms with E-state index in [1.807, 2.05) is 0 Å². The van der Waals surface area contributed by atoms with Crippen LogP contribution in [0, 0.1) is 0 Å². The predicted molar refractivity (Wildman–Crippen MR) is 70.3 cm³/mol. The summed E-state index contributed by atoms with van der Waals surface area (Å²) in [6.45, 7) is 7.67. The minimum absolute atomic E-state index is 0.193. The summed E-state index contributed by atoms with van der Waals surface area (Å²) in [5.41, 5.74) is 0. The van der Waals surface area contributed by atoms with Crippen molar-refractivity contribution in [3.05, 3.63) is 0 Å². The van der Waals surface area contributed by atoms with Gasteiger partial charge in [0, 0.05) is 6.61 Å². The summed E-state index contributed by atoms with van der Waals surface area (Å²) in [5.74, 6) is 0. The van der Waals surface area contributed by atoms with Gasteiger partial charge in [-0.15, -0.1) is 0 Å². The fourth-order valence-corrected chi connectivity index (χ4v) is 1.13. The fourth-order valence-electron chi connectivity index (χ4n) is 1.13. The van der Waals surface area contributed by atoms with Crippen LogP contribution in [-0.4, -0.2) is 59.0 Å². The molecule has 0 N–H and O–H groups in total. The maximum absolute atomic E-state index is 10.8. The molecule has 0 aromatic carbocycles. The first-order valence-electron chi connectivity index (χ1n) is 6.84. The lowest BCUT2D eigenvalue weighted by molar-refractivity contribution is -0.00281. The molecule has 0 aliphatic heterocycles. The van der Waals surface area contributed by atoms with Crippen molar-refractivity contribution >= 4 is 6.16 Å². The van der Waals surface area contributed by atoms with Gasteiger partial charge in [-0.2, -0.15) is 0 Å². The standard InChI is InChI=1S/C13H26O6/c1-3-5-6-15-7-8-16-9-10-17-11-12-19-13(14)18-4-2/h3-12H2,1-2H3. The lowest BCUT2D eigenvalue weighted by atomic mass is 10.4. The highest BCUT2D eigenvalue weighted by molar-refractivity contribution is 5.59. The summed E-state index contributed by atoms with van der Waals surface area (Å²) in [5, 5.41) is 0. The molecule has 6 heteroatoms. The Morgan fingerprint density at radius 2 is 1.26 bits per heavy atom. The molecule has 0 radical (unpaired) electrons. The highest BCUT2D eigenvalue weighted by atomic mass is 16.7. The first kappa shape index (κ1) is 18.1. The molecule has 0 amide bonds. The fraction of sp³-hybridized carbons (Fsp3) is 0.923. The Bertz CT molecular complexity index is 198. The minimum Gasteiger partial charge on any atom is -0.435 e. The van der Waals surface area contributed by atoms with Crippen LogP contribution < -0.4 is 0 Å². The molecule has 0 fully saturated rings. The quantitative estimate of drug-likeness (QED) is 0.379. The minimum atomic E-state index is -0.661. The van der Waals surface area contributed by atoms with E-state index in [-0.39, 0.29) is 6.61 Å². The third-order valence-electron chi connectivity index (χ3n) is 2.10. The van der Waals surface area contributed by atoms with Crippen LogP contribution in [0.2, 0.25) is 0 Å². The smallest absolute Gasteiger partial charge is 0.435 e. The van der Waals surface area contributed by atoms with E-state index < -0.39 is 6.16 Å². The van der Waals surface area contributed by atoms with Crippen LogP contribution >= 0.6 is 0 Å². The molecule has 0 saturated heterocycles. The van der Waals surface area contributed by atoms with Crippen LogP contribution in [0.1, 0.15) is 26.7 Å². The molecule has 0 unspecified atom stereocenters. The summed E-state index contributed by atoms with van der Waals surface area (Å²) in [7, 11) is 0. The number of carbonyl (C=O) groups excluding carboxylic acids is 1. The van der Waals surface area contributed by atoms with Crippen molar-refractivity contribution in [2.24, 2.45) is 0 Å². The zero-order chi connectivity index (χ0) is 14.2.